The molecule has 4 nitrogen and oxygen atoms in total. The van der Waals surface area contributed by atoms with Crippen LogP contribution in [0.4, 0.5) is 4.79 Å². The van der Waals surface area contributed by atoms with Crippen molar-refractivity contribution in [1.82, 2.24) is 10.3 Å². The number of nitrogens with one attached hydrogen (secondary N) is 1. The Labute approximate surface area is 70.8 Å². The zero-order chi connectivity index (χ0) is 8.97. The fourth-order valence-corrected chi connectivity index (χ4v) is 0.781. The summed E-state index contributed by atoms with van der Waals surface area (Å²) < 4.78 is 0. The zero-order valence-electron chi connectivity index (χ0n) is 6.87. The number of nitrogens with two attached hydrogens (primary N) is 1. The number of nitrogens with zero attached hydrogens (tertiary/aromatic N) is 1. The van der Waals surface area contributed by atoms with Crippen LogP contribution >= 0.6 is 0 Å². The molecule has 12 heavy (non-hydrogen) atoms. The van der Waals surface area contributed by atoms with Gasteiger partial charge in [-0.25, -0.2) is 4.79 Å². The molecule has 0 saturated carbocycles. The molecule has 0 aliphatic rings. The Morgan fingerprint density at radius 3 is 2.92 bits per heavy atom. The van der Waals surface area contributed by atoms with Gasteiger partial charge in [-0.1, -0.05) is 6.07 Å². The second-order valence-corrected chi connectivity index (χ2v) is 2.54. The zero-order valence-corrected chi connectivity index (χ0v) is 6.87. The molecule has 4 heteroatoms. The molecule has 1 heterocycles. The number of aromatic nitrogens is 1. The molecule has 2 amide bonds. The highest BCUT2D eigenvalue weighted by molar-refractivity contribution is 5.71. The Balaban J connectivity index is 2.53. The molecule has 0 bridgehead atoms. The fourth-order valence-electron chi connectivity index (χ4n) is 0.781. The fraction of sp³-hybridized carbons (Fsp3) is 0.250. The predicted octanol–water partition coefficient (Wildman–Crippen LogP) is 0.558. The molecule has 0 aromatic carbocycles. The summed E-state index contributed by atoms with van der Waals surface area (Å²) >= 11 is 0. The van der Waals surface area contributed by atoms with Crippen LogP contribution in [0.5, 0.6) is 0 Å². The number of pyridine rings is 1. The van der Waals surface area contributed by atoms with Crippen molar-refractivity contribution in [3.05, 3.63) is 29.6 Å². The average molecular weight is 165 g/mol. The van der Waals surface area contributed by atoms with Gasteiger partial charge < -0.3 is 11.1 Å². The summed E-state index contributed by atoms with van der Waals surface area (Å²) in [7, 11) is 0. The molecule has 64 valence electrons. The SMILES string of the molecule is Cc1ccc(CNC(N)=O)nc1. The van der Waals surface area contributed by atoms with Gasteiger partial charge >= 0.3 is 6.03 Å². The highest BCUT2D eigenvalue weighted by Crippen LogP contribution is 1.97. The smallest absolute Gasteiger partial charge is 0.312 e. The van der Waals surface area contributed by atoms with Crippen LogP contribution in [-0.4, -0.2) is 11.0 Å². The second kappa shape index (κ2) is 3.71. The number of primary amides is 1. The number of carbonyl (C=O) groups is 1. The third-order valence-electron chi connectivity index (χ3n) is 1.42. The lowest BCUT2D eigenvalue weighted by molar-refractivity contribution is 0.248. The summed E-state index contributed by atoms with van der Waals surface area (Å²) in [6, 6.07) is 3.26. The van der Waals surface area contributed by atoms with E-state index in [0.29, 0.717) is 6.54 Å². The maximum absolute atomic E-state index is 10.3. The Morgan fingerprint density at radius 1 is 1.67 bits per heavy atom. The highest BCUT2D eigenvalue weighted by Gasteiger charge is 1.94. The van der Waals surface area contributed by atoms with Crippen LogP contribution in [0.2, 0.25) is 0 Å². The van der Waals surface area contributed by atoms with Crippen molar-refractivity contribution in [2.45, 2.75) is 13.5 Å². The summed E-state index contributed by atoms with van der Waals surface area (Å²) in [6.45, 7) is 2.34. The lowest BCUT2D eigenvalue weighted by Gasteiger charge is -2.00. The van der Waals surface area contributed by atoms with Gasteiger partial charge in [-0.2, -0.15) is 0 Å². The van der Waals surface area contributed by atoms with Crippen LogP contribution in [0.3, 0.4) is 0 Å². The van der Waals surface area contributed by atoms with Gasteiger partial charge in [0.1, 0.15) is 0 Å². The standard InChI is InChI=1S/C8H11N3O/c1-6-2-3-7(10-4-6)5-11-8(9)12/h2-4H,5H2,1H3,(H3,9,11,12). The van der Waals surface area contributed by atoms with E-state index in [-0.39, 0.29) is 0 Å². The highest BCUT2D eigenvalue weighted by atomic mass is 16.2. The van der Waals surface area contributed by atoms with Gasteiger partial charge in [0.15, 0.2) is 0 Å². The normalized spacial score (nSPS) is 9.42. The molecule has 0 fully saturated rings. The first-order chi connectivity index (χ1) is 5.68. The van der Waals surface area contributed by atoms with Crippen molar-refractivity contribution in [3.63, 3.8) is 0 Å². The van der Waals surface area contributed by atoms with E-state index in [9.17, 15) is 4.79 Å². The maximum atomic E-state index is 10.3. The van der Waals surface area contributed by atoms with E-state index in [1.165, 1.54) is 0 Å². The summed E-state index contributed by atoms with van der Waals surface area (Å²) in [4.78, 5) is 14.4. The van der Waals surface area contributed by atoms with E-state index >= 15 is 0 Å². The lowest BCUT2D eigenvalue weighted by atomic mass is 10.3. The third-order valence-corrected chi connectivity index (χ3v) is 1.42. The Morgan fingerprint density at radius 2 is 2.42 bits per heavy atom. The van der Waals surface area contributed by atoms with Crippen LogP contribution in [0.25, 0.3) is 0 Å². The molecule has 1 aromatic heterocycles. The minimum absolute atomic E-state index is 0.385. The van der Waals surface area contributed by atoms with Crippen molar-refractivity contribution in [3.8, 4) is 0 Å². The number of hydrogen-bond acceptors (Lipinski definition) is 2. The third kappa shape index (κ3) is 2.57. The molecule has 0 aliphatic carbocycles. The van der Waals surface area contributed by atoms with E-state index < -0.39 is 6.03 Å². The summed E-state index contributed by atoms with van der Waals surface area (Å²) in [5.74, 6) is 0. The van der Waals surface area contributed by atoms with Crippen molar-refractivity contribution in [1.29, 1.82) is 0 Å². The van der Waals surface area contributed by atoms with E-state index in [0.717, 1.165) is 11.3 Å². The number of carbonyl (C=O) groups excluding carboxylic acids is 1. The van der Waals surface area contributed by atoms with E-state index in [1.54, 1.807) is 6.20 Å². The van der Waals surface area contributed by atoms with E-state index in [1.807, 2.05) is 19.1 Å². The van der Waals surface area contributed by atoms with Crippen molar-refractivity contribution in [2.75, 3.05) is 0 Å². The molecule has 0 unspecified atom stereocenters. The molecule has 0 aliphatic heterocycles. The van der Waals surface area contributed by atoms with Crippen molar-refractivity contribution < 1.29 is 4.79 Å². The molecule has 0 atom stereocenters. The van der Waals surface area contributed by atoms with Crippen LogP contribution < -0.4 is 11.1 Å². The van der Waals surface area contributed by atoms with Crippen LogP contribution in [0, 0.1) is 6.92 Å². The van der Waals surface area contributed by atoms with Gasteiger partial charge in [-0.05, 0) is 18.6 Å². The first-order valence-electron chi connectivity index (χ1n) is 3.63. The maximum Gasteiger partial charge on any atom is 0.312 e. The number of hydrogen-bond donors (Lipinski definition) is 2. The Bertz CT molecular complexity index is 268. The number of aryl methyl sites for hydroxylation is 1. The predicted molar refractivity (Wildman–Crippen MR) is 45.4 cm³/mol. The average Bonchev–Trinajstić information content (AvgIpc) is 2.03. The molecule has 0 spiro atoms. The van der Waals surface area contributed by atoms with Gasteiger partial charge in [0, 0.05) is 6.20 Å². The van der Waals surface area contributed by atoms with Crippen LogP contribution in [0.15, 0.2) is 18.3 Å². The number of amides is 2. The first-order valence-corrected chi connectivity index (χ1v) is 3.63. The molecule has 1 aromatic rings. The molecule has 3 N–H and O–H groups in total. The summed E-state index contributed by atoms with van der Waals surface area (Å²) in [5, 5.41) is 2.46. The topological polar surface area (TPSA) is 68.0 Å². The molecular formula is C8H11N3O. The van der Waals surface area contributed by atoms with E-state index in [2.05, 4.69) is 10.3 Å². The quantitative estimate of drug-likeness (QED) is 0.672. The minimum atomic E-state index is -0.530. The Hall–Kier alpha value is -1.58. The van der Waals surface area contributed by atoms with Crippen molar-refractivity contribution in [2.24, 2.45) is 5.73 Å². The van der Waals surface area contributed by atoms with Crippen molar-refractivity contribution >= 4 is 6.03 Å². The van der Waals surface area contributed by atoms with Crippen LogP contribution in [0.1, 0.15) is 11.3 Å². The largest absolute Gasteiger partial charge is 0.352 e. The lowest BCUT2D eigenvalue weighted by Crippen LogP contribution is -2.28. The molecule has 0 saturated heterocycles. The second-order valence-electron chi connectivity index (χ2n) is 2.54. The molecular weight excluding hydrogens is 154 g/mol. The summed E-state index contributed by atoms with van der Waals surface area (Å²) in [6.07, 6.45) is 1.75. The molecule has 1 rings (SSSR count). The van der Waals surface area contributed by atoms with Gasteiger partial charge in [-0.15, -0.1) is 0 Å². The van der Waals surface area contributed by atoms with E-state index in [4.69, 9.17) is 5.73 Å². The molecule has 0 radical (unpaired) electrons. The first kappa shape index (κ1) is 8.52. The minimum Gasteiger partial charge on any atom is -0.352 e. The van der Waals surface area contributed by atoms with Gasteiger partial charge in [0.05, 0.1) is 12.2 Å². The van der Waals surface area contributed by atoms with Gasteiger partial charge in [0.2, 0.25) is 0 Å². The number of rotatable bonds is 2. The van der Waals surface area contributed by atoms with Gasteiger partial charge in [-0.3, -0.25) is 4.98 Å². The van der Waals surface area contributed by atoms with Crippen LogP contribution in [-0.2, 0) is 6.54 Å². The number of urea groups is 1. The summed E-state index contributed by atoms with van der Waals surface area (Å²) in [5.41, 5.74) is 6.79. The Kier molecular flexibility index (Phi) is 2.63. The van der Waals surface area contributed by atoms with Gasteiger partial charge in [0.25, 0.3) is 0 Å². The monoisotopic (exact) mass is 165 g/mol.